The van der Waals surface area contributed by atoms with Crippen LogP contribution in [0.2, 0.25) is 0 Å². The molecule has 1 aliphatic heterocycles. The Bertz CT molecular complexity index is 979. The molecule has 1 N–H and O–H groups in total. The molecule has 1 aromatic heterocycles. The smallest absolute Gasteiger partial charge is 0.321 e. The third kappa shape index (κ3) is 3.64. The van der Waals surface area contributed by atoms with Crippen LogP contribution in [0.15, 0.2) is 53.7 Å². The Labute approximate surface area is 172 Å². The molecule has 1 saturated carbocycles. The first-order chi connectivity index (χ1) is 13.9. The van der Waals surface area contributed by atoms with Crippen LogP contribution < -0.4 is 5.32 Å². The third-order valence-corrected chi connectivity index (χ3v) is 9.18. The molecule has 0 bridgehead atoms. The first-order valence-electron chi connectivity index (χ1n) is 10.2. The Balaban J connectivity index is 1.46. The van der Waals surface area contributed by atoms with E-state index in [1.54, 1.807) is 41.6 Å². The molecule has 2 fully saturated rings. The summed E-state index contributed by atoms with van der Waals surface area (Å²) in [6.07, 6.45) is 7.10. The molecule has 29 heavy (non-hydrogen) atoms. The zero-order chi connectivity index (χ0) is 20.5. The molecular formula is C22H27N3O3S. The number of carbonyl (C=O) groups excluding carboxylic acids is 1. The zero-order valence-corrected chi connectivity index (χ0v) is 17.5. The van der Waals surface area contributed by atoms with Crippen molar-refractivity contribution in [1.29, 1.82) is 0 Å². The van der Waals surface area contributed by atoms with Gasteiger partial charge in [0.1, 0.15) is 0 Å². The zero-order valence-electron chi connectivity index (χ0n) is 16.7. The molecule has 7 heteroatoms. The standard InChI is InChI=1S/C22H27N3O3S/c1-17-4-2-5-20(16-17)29(27,28)22(10-3-11-22)18-8-14-25(15-9-18)21(26)24-19-6-12-23-13-7-19/h2,4-7,12-13,16,18H,3,8-11,14-15H2,1H3,(H,23,24,26). The maximum Gasteiger partial charge on any atom is 0.321 e. The van der Waals surface area contributed by atoms with Crippen molar-refractivity contribution < 1.29 is 13.2 Å². The first-order valence-corrected chi connectivity index (χ1v) is 11.7. The quantitative estimate of drug-likeness (QED) is 0.821. The van der Waals surface area contributed by atoms with Gasteiger partial charge >= 0.3 is 6.03 Å². The molecule has 0 atom stereocenters. The summed E-state index contributed by atoms with van der Waals surface area (Å²) in [6.45, 7) is 3.08. The molecule has 4 rings (SSSR count). The fraction of sp³-hybridized carbons (Fsp3) is 0.455. The van der Waals surface area contributed by atoms with E-state index in [9.17, 15) is 13.2 Å². The van der Waals surface area contributed by atoms with Gasteiger partial charge in [-0.3, -0.25) is 4.98 Å². The lowest BCUT2D eigenvalue weighted by Gasteiger charge is -2.49. The minimum Gasteiger partial charge on any atom is -0.325 e. The Hall–Kier alpha value is -2.41. The Morgan fingerprint density at radius 2 is 1.83 bits per heavy atom. The highest BCUT2D eigenvalue weighted by Crippen LogP contribution is 2.51. The predicted molar refractivity (Wildman–Crippen MR) is 112 cm³/mol. The number of piperidine rings is 1. The van der Waals surface area contributed by atoms with Gasteiger partial charge < -0.3 is 10.2 Å². The van der Waals surface area contributed by atoms with E-state index in [4.69, 9.17) is 0 Å². The average Bonchev–Trinajstić information content (AvgIpc) is 2.68. The monoisotopic (exact) mass is 413 g/mol. The number of hydrogen-bond donors (Lipinski definition) is 1. The van der Waals surface area contributed by atoms with Gasteiger partial charge in [0.25, 0.3) is 0 Å². The summed E-state index contributed by atoms with van der Waals surface area (Å²) < 4.78 is 26.4. The van der Waals surface area contributed by atoms with Crippen molar-refractivity contribution in [1.82, 2.24) is 9.88 Å². The molecule has 2 amide bonds. The molecule has 154 valence electrons. The van der Waals surface area contributed by atoms with Gasteiger partial charge in [-0.1, -0.05) is 18.6 Å². The van der Waals surface area contributed by atoms with Crippen molar-refractivity contribution in [3.8, 4) is 0 Å². The molecule has 1 aromatic carbocycles. The van der Waals surface area contributed by atoms with Crippen molar-refractivity contribution in [3.63, 3.8) is 0 Å². The molecule has 0 unspecified atom stereocenters. The summed E-state index contributed by atoms with van der Waals surface area (Å²) in [5, 5.41) is 2.88. The van der Waals surface area contributed by atoms with Gasteiger partial charge in [0.05, 0.1) is 9.64 Å². The van der Waals surface area contributed by atoms with Crippen LogP contribution in [0.5, 0.6) is 0 Å². The van der Waals surface area contributed by atoms with Gasteiger partial charge in [-0.25, -0.2) is 13.2 Å². The predicted octanol–water partition coefficient (Wildman–Crippen LogP) is 4.03. The SMILES string of the molecule is Cc1cccc(S(=O)(=O)C2(C3CCN(C(=O)Nc4ccncc4)CC3)CCC2)c1. The van der Waals surface area contributed by atoms with Crippen molar-refractivity contribution in [3.05, 3.63) is 54.4 Å². The van der Waals surface area contributed by atoms with E-state index in [2.05, 4.69) is 10.3 Å². The first kappa shape index (κ1) is 19.9. The average molecular weight is 414 g/mol. The van der Waals surface area contributed by atoms with E-state index < -0.39 is 14.6 Å². The summed E-state index contributed by atoms with van der Waals surface area (Å²) in [7, 11) is -3.40. The van der Waals surface area contributed by atoms with Gasteiger partial charge in [-0.15, -0.1) is 0 Å². The normalized spacial score (nSPS) is 19.4. The highest BCUT2D eigenvalue weighted by Gasteiger charge is 2.55. The lowest BCUT2D eigenvalue weighted by Crippen LogP contribution is -2.55. The number of nitrogens with one attached hydrogen (secondary N) is 1. The van der Waals surface area contributed by atoms with Gasteiger partial charge in [-0.05, 0) is 68.4 Å². The number of benzene rings is 1. The number of carbonyl (C=O) groups is 1. The molecule has 2 aromatic rings. The molecule has 2 heterocycles. The second-order valence-corrected chi connectivity index (χ2v) is 10.5. The third-order valence-electron chi connectivity index (χ3n) is 6.49. The van der Waals surface area contributed by atoms with E-state index in [0.29, 0.717) is 23.7 Å². The van der Waals surface area contributed by atoms with Crippen LogP contribution in [0.4, 0.5) is 10.5 Å². The van der Waals surface area contributed by atoms with E-state index in [1.807, 2.05) is 19.1 Å². The number of nitrogens with zero attached hydrogens (tertiary/aromatic N) is 2. The highest BCUT2D eigenvalue weighted by molar-refractivity contribution is 7.93. The summed E-state index contributed by atoms with van der Waals surface area (Å²) in [5.74, 6) is 0.0896. The van der Waals surface area contributed by atoms with Crippen molar-refractivity contribution in [2.75, 3.05) is 18.4 Å². The van der Waals surface area contributed by atoms with Crippen LogP contribution in [0.3, 0.4) is 0 Å². The Morgan fingerprint density at radius 1 is 1.14 bits per heavy atom. The fourth-order valence-corrected chi connectivity index (χ4v) is 7.25. The largest absolute Gasteiger partial charge is 0.325 e. The van der Waals surface area contributed by atoms with E-state index >= 15 is 0 Å². The number of likely N-dealkylation sites (tertiary alicyclic amines) is 1. The molecular weight excluding hydrogens is 386 g/mol. The molecule has 0 radical (unpaired) electrons. The summed E-state index contributed by atoms with van der Waals surface area (Å²) in [4.78, 5) is 18.7. The van der Waals surface area contributed by atoms with Gasteiger partial charge in [0.15, 0.2) is 9.84 Å². The number of urea groups is 1. The van der Waals surface area contributed by atoms with Gasteiger partial charge in [0, 0.05) is 31.2 Å². The number of sulfone groups is 1. The number of hydrogen-bond acceptors (Lipinski definition) is 4. The topological polar surface area (TPSA) is 79.4 Å². The molecule has 1 saturated heterocycles. The highest BCUT2D eigenvalue weighted by atomic mass is 32.2. The second-order valence-electron chi connectivity index (χ2n) is 8.17. The van der Waals surface area contributed by atoms with Crippen molar-refractivity contribution >= 4 is 21.6 Å². The fourth-order valence-electron chi connectivity index (χ4n) is 4.69. The second kappa shape index (κ2) is 7.78. The van der Waals surface area contributed by atoms with Crippen molar-refractivity contribution in [2.45, 2.75) is 48.7 Å². The van der Waals surface area contributed by atoms with E-state index in [0.717, 1.165) is 37.7 Å². The number of anilines is 1. The van der Waals surface area contributed by atoms with E-state index in [-0.39, 0.29) is 11.9 Å². The summed E-state index contributed by atoms with van der Waals surface area (Å²) >= 11 is 0. The summed E-state index contributed by atoms with van der Waals surface area (Å²) in [6, 6.07) is 10.6. The van der Waals surface area contributed by atoms with Crippen LogP contribution in [0.1, 0.15) is 37.7 Å². The molecule has 1 aliphatic carbocycles. The van der Waals surface area contributed by atoms with E-state index in [1.165, 1.54) is 0 Å². The van der Waals surface area contributed by atoms with Crippen molar-refractivity contribution in [2.24, 2.45) is 5.92 Å². The van der Waals surface area contributed by atoms with Gasteiger partial charge in [-0.2, -0.15) is 0 Å². The number of aromatic nitrogens is 1. The van der Waals surface area contributed by atoms with Crippen LogP contribution in [-0.2, 0) is 9.84 Å². The van der Waals surface area contributed by atoms with Crippen LogP contribution in [-0.4, -0.2) is 42.2 Å². The van der Waals surface area contributed by atoms with Crippen LogP contribution in [0, 0.1) is 12.8 Å². The number of aryl methyl sites for hydroxylation is 1. The number of amides is 2. The minimum absolute atomic E-state index is 0.0896. The Kier molecular flexibility index (Phi) is 5.34. The lowest BCUT2D eigenvalue weighted by atomic mass is 9.71. The van der Waals surface area contributed by atoms with Crippen LogP contribution >= 0.6 is 0 Å². The number of pyridine rings is 1. The van der Waals surface area contributed by atoms with Crippen LogP contribution in [0.25, 0.3) is 0 Å². The maximum atomic E-state index is 13.5. The number of rotatable bonds is 4. The maximum absolute atomic E-state index is 13.5. The molecule has 2 aliphatic rings. The van der Waals surface area contributed by atoms with Gasteiger partial charge in [0.2, 0.25) is 0 Å². The summed E-state index contributed by atoms with van der Waals surface area (Å²) in [5.41, 5.74) is 1.67. The molecule has 6 nitrogen and oxygen atoms in total. The Morgan fingerprint density at radius 3 is 2.41 bits per heavy atom. The minimum atomic E-state index is -3.40. The molecule has 0 spiro atoms. The lowest BCUT2D eigenvalue weighted by molar-refractivity contribution is 0.136.